The molecular weight excluding hydrogens is 410 g/mol. The van der Waals surface area contributed by atoms with E-state index < -0.39 is 0 Å². The molecule has 1 fully saturated rings. The Kier molecular flexibility index (Phi) is 8.12. The van der Waals surface area contributed by atoms with E-state index in [9.17, 15) is 4.79 Å². The molecule has 1 saturated heterocycles. The minimum atomic E-state index is -0.0373. The van der Waals surface area contributed by atoms with E-state index in [2.05, 4.69) is 63.6 Å². The van der Waals surface area contributed by atoms with Crippen LogP contribution in [0.15, 0.2) is 78.9 Å². The number of rotatable bonds is 8. The van der Waals surface area contributed by atoms with Gasteiger partial charge in [0.05, 0.1) is 0 Å². The summed E-state index contributed by atoms with van der Waals surface area (Å²) in [4.78, 5) is 16.2. The Hall–Kier alpha value is -3.15. The molecule has 1 aliphatic heterocycles. The molecule has 3 aromatic rings. The molecule has 1 heterocycles. The van der Waals surface area contributed by atoms with Gasteiger partial charge in [-0.1, -0.05) is 54.6 Å². The highest BCUT2D eigenvalue weighted by Crippen LogP contribution is 2.17. The number of benzene rings is 3. The molecule has 0 saturated carbocycles. The summed E-state index contributed by atoms with van der Waals surface area (Å²) in [6.45, 7) is 8.39. The predicted octanol–water partition coefficient (Wildman–Crippen LogP) is 4.93. The first kappa shape index (κ1) is 23.0. The minimum Gasteiger partial charge on any atom is -0.489 e. The van der Waals surface area contributed by atoms with Crippen molar-refractivity contribution in [2.75, 3.05) is 31.5 Å². The number of carbonyl (C=O) groups excluding carboxylic acids is 1. The van der Waals surface area contributed by atoms with Crippen molar-refractivity contribution in [2.24, 2.45) is 0 Å². The number of nitrogens with one attached hydrogen (secondary N) is 1. The first-order chi connectivity index (χ1) is 16.1. The molecular formula is C28H33N3O2. The standard InChI is InChI=1S/C28H33N3O2/c1-23(32)29-27-12-8-24(9-13-27)20-30-16-5-17-31(19-18-30)21-25-10-14-28(15-11-25)33-22-26-6-3-2-4-7-26/h2-4,6-15H,5,16-22H2,1H3,(H,29,32). The third kappa shape index (κ3) is 7.45. The molecule has 0 aliphatic carbocycles. The highest BCUT2D eigenvalue weighted by atomic mass is 16.5. The van der Waals surface area contributed by atoms with Crippen molar-refractivity contribution < 1.29 is 9.53 Å². The number of amides is 1. The van der Waals surface area contributed by atoms with Gasteiger partial charge in [0.2, 0.25) is 5.91 Å². The van der Waals surface area contributed by atoms with Crippen LogP contribution in [0.25, 0.3) is 0 Å². The fourth-order valence-electron chi connectivity index (χ4n) is 4.19. The molecule has 33 heavy (non-hydrogen) atoms. The summed E-state index contributed by atoms with van der Waals surface area (Å²) in [5.74, 6) is 0.874. The van der Waals surface area contributed by atoms with Crippen molar-refractivity contribution in [3.8, 4) is 5.75 Å². The van der Waals surface area contributed by atoms with Crippen LogP contribution in [-0.4, -0.2) is 41.9 Å². The largest absolute Gasteiger partial charge is 0.489 e. The maximum atomic E-state index is 11.2. The van der Waals surface area contributed by atoms with Crippen LogP contribution in [0.3, 0.4) is 0 Å². The second-order valence-corrected chi connectivity index (χ2v) is 8.70. The summed E-state index contributed by atoms with van der Waals surface area (Å²) >= 11 is 0. The van der Waals surface area contributed by atoms with Gasteiger partial charge in [0.1, 0.15) is 12.4 Å². The van der Waals surface area contributed by atoms with Crippen LogP contribution in [0.2, 0.25) is 0 Å². The van der Waals surface area contributed by atoms with E-state index in [1.807, 2.05) is 30.3 Å². The van der Waals surface area contributed by atoms with Gasteiger partial charge in [-0.15, -0.1) is 0 Å². The van der Waals surface area contributed by atoms with E-state index in [0.29, 0.717) is 6.61 Å². The van der Waals surface area contributed by atoms with E-state index in [-0.39, 0.29) is 5.91 Å². The second-order valence-electron chi connectivity index (χ2n) is 8.70. The molecule has 0 radical (unpaired) electrons. The Morgan fingerprint density at radius 2 is 1.33 bits per heavy atom. The summed E-state index contributed by atoms with van der Waals surface area (Å²) in [6, 6.07) is 26.9. The number of carbonyl (C=O) groups is 1. The number of ether oxygens (including phenoxy) is 1. The lowest BCUT2D eigenvalue weighted by atomic mass is 10.2. The van der Waals surface area contributed by atoms with Crippen LogP contribution >= 0.6 is 0 Å². The zero-order chi connectivity index (χ0) is 22.9. The Morgan fingerprint density at radius 1 is 0.758 bits per heavy atom. The third-order valence-corrected chi connectivity index (χ3v) is 5.94. The molecule has 0 atom stereocenters. The molecule has 0 unspecified atom stereocenters. The molecule has 1 N–H and O–H groups in total. The average molecular weight is 444 g/mol. The summed E-state index contributed by atoms with van der Waals surface area (Å²) in [7, 11) is 0. The normalized spacial score (nSPS) is 15.1. The maximum absolute atomic E-state index is 11.2. The third-order valence-electron chi connectivity index (χ3n) is 5.94. The summed E-state index contributed by atoms with van der Waals surface area (Å²) < 4.78 is 5.91. The van der Waals surface area contributed by atoms with Crippen LogP contribution in [0, 0.1) is 0 Å². The second kappa shape index (κ2) is 11.6. The fourth-order valence-corrected chi connectivity index (χ4v) is 4.19. The van der Waals surface area contributed by atoms with Gasteiger partial charge in [0.25, 0.3) is 0 Å². The van der Waals surface area contributed by atoms with Crippen molar-refractivity contribution in [3.63, 3.8) is 0 Å². The number of hydrogen-bond acceptors (Lipinski definition) is 4. The Labute approximate surface area is 197 Å². The van der Waals surface area contributed by atoms with Crippen molar-refractivity contribution in [3.05, 3.63) is 95.6 Å². The van der Waals surface area contributed by atoms with Crippen LogP contribution in [0.1, 0.15) is 30.0 Å². The van der Waals surface area contributed by atoms with E-state index >= 15 is 0 Å². The number of anilines is 1. The van der Waals surface area contributed by atoms with E-state index in [4.69, 9.17) is 4.74 Å². The molecule has 0 bridgehead atoms. The maximum Gasteiger partial charge on any atom is 0.221 e. The van der Waals surface area contributed by atoms with Crippen LogP contribution < -0.4 is 10.1 Å². The first-order valence-corrected chi connectivity index (χ1v) is 11.7. The summed E-state index contributed by atoms with van der Waals surface area (Å²) in [5.41, 5.74) is 4.64. The number of hydrogen-bond donors (Lipinski definition) is 1. The fraction of sp³-hybridized carbons (Fsp3) is 0.321. The van der Waals surface area contributed by atoms with Gasteiger partial charge in [-0.2, -0.15) is 0 Å². The van der Waals surface area contributed by atoms with Crippen LogP contribution in [-0.2, 0) is 24.5 Å². The van der Waals surface area contributed by atoms with Crippen molar-refractivity contribution >= 4 is 11.6 Å². The van der Waals surface area contributed by atoms with Gasteiger partial charge in [-0.05, 0) is 60.5 Å². The van der Waals surface area contributed by atoms with Crippen molar-refractivity contribution in [1.29, 1.82) is 0 Å². The summed E-state index contributed by atoms with van der Waals surface area (Å²) in [6.07, 6.45) is 1.17. The highest BCUT2D eigenvalue weighted by molar-refractivity contribution is 5.88. The van der Waals surface area contributed by atoms with Gasteiger partial charge < -0.3 is 10.1 Å². The molecule has 3 aromatic carbocycles. The average Bonchev–Trinajstić information content (AvgIpc) is 3.05. The summed E-state index contributed by atoms with van der Waals surface area (Å²) in [5, 5.41) is 2.83. The van der Waals surface area contributed by atoms with Crippen LogP contribution in [0.4, 0.5) is 5.69 Å². The molecule has 172 valence electrons. The minimum absolute atomic E-state index is 0.0373. The lowest BCUT2D eigenvalue weighted by Crippen LogP contribution is -2.30. The van der Waals surface area contributed by atoms with Crippen molar-refractivity contribution in [1.82, 2.24) is 9.80 Å². The molecule has 1 aliphatic rings. The van der Waals surface area contributed by atoms with E-state index in [1.165, 1.54) is 30.0 Å². The van der Waals surface area contributed by atoms with Gasteiger partial charge in [-0.25, -0.2) is 0 Å². The van der Waals surface area contributed by atoms with E-state index in [1.54, 1.807) is 0 Å². The Bertz CT molecular complexity index is 1000. The smallest absolute Gasteiger partial charge is 0.221 e. The van der Waals surface area contributed by atoms with Crippen LogP contribution in [0.5, 0.6) is 5.75 Å². The SMILES string of the molecule is CC(=O)Nc1ccc(CN2CCCN(Cc3ccc(OCc4ccccc4)cc3)CC2)cc1. The molecule has 5 nitrogen and oxygen atoms in total. The van der Waals surface area contributed by atoms with Gasteiger partial charge in [-0.3, -0.25) is 14.6 Å². The zero-order valence-corrected chi connectivity index (χ0v) is 19.4. The topological polar surface area (TPSA) is 44.8 Å². The monoisotopic (exact) mass is 443 g/mol. The number of nitrogens with zero attached hydrogens (tertiary/aromatic N) is 2. The van der Waals surface area contributed by atoms with Gasteiger partial charge in [0.15, 0.2) is 0 Å². The lowest BCUT2D eigenvalue weighted by molar-refractivity contribution is -0.114. The predicted molar refractivity (Wildman–Crippen MR) is 133 cm³/mol. The van der Waals surface area contributed by atoms with Gasteiger partial charge >= 0.3 is 0 Å². The quantitative estimate of drug-likeness (QED) is 0.536. The van der Waals surface area contributed by atoms with E-state index in [0.717, 1.165) is 50.7 Å². The molecule has 0 spiro atoms. The molecule has 5 heteroatoms. The van der Waals surface area contributed by atoms with Crippen molar-refractivity contribution in [2.45, 2.75) is 33.0 Å². The molecule has 1 amide bonds. The van der Waals surface area contributed by atoms with Gasteiger partial charge in [0, 0.05) is 38.8 Å². The zero-order valence-electron chi connectivity index (χ0n) is 19.4. The highest BCUT2D eigenvalue weighted by Gasteiger charge is 2.15. The first-order valence-electron chi connectivity index (χ1n) is 11.7. The molecule has 0 aromatic heterocycles. The molecule has 4 rings (SSSR count). The Morgan fingerprint density at radius 3 is 1.91 bits per heavy atom. The lowest BCUT2D eigenvalue weighted by Gasteiger charge is -2.22. The Balaban J connectivity index is 1.23.